The van der Waals surface area contributed by atoms with Crippen LogP contribution < -0.4 is 14.8 Å². The number of rotatable bonds is 10. The largest absolute Gasteiger partial charge is 0.493 e. The van der Waals surface area contributed by atoms with Crippen LogP contribution in [0.4, 0.5) is 0 Å². The molecule has 1 atom stereocenters. The Hall–Kier alpha value is -2.50. The summed E-state index contributed by atoms with van der Waals surface area (Å²) in [6, 6.07) is 5.52. The minimum Gasteiger partial charge on any atom is -0.493 e. The SMILES string of the molecule is COc1ccc(CCC(=O)O[C@@H](C)C(=O)NCCC2=CCCCC2)cc1OC. The van der Waals surface area contributed by atoms with Gasteiger partial charge in [-0.15, -0.1) is 0 Å². The molecule has 0 bridgehead atoms. The van der Waals surface area contributed by atoms with E-state index < -0.39 is 12.1 Å². The molecule has 0 fully saturated rings. The van der Waals surface area contributed by atoms with Gasteiger partial charge in [-0.25, -0.2) is 0 Å². The van der Waals surface area contributed by atoms with Gasteiger partial charge in [0.05, 0.1) is 14.2 Å². The Kier molecular flexibility index (Phi) is 8.85. The van der Waals surface area contributed by atoms with Crippen molar-refractivity contribution in [3.63, 3.8) is 0 Å². The number of carbonyl (C=O) groups excluding carboxylic acids is 2. The quantitative estimate of drug-likeness (QED) is 0.489. The van der Waals surface area contributed by atoms with Crippen LogP contribution in [-0.2, 0) is 20.7 Å². The van der Waals surface area contributed by atoms with E-state index in [4.69, 9.17) is 14.2 Å². The van der Waals surface area contributed by atoms with Gasteiger partial charge < -0.3 is 19.5 Å². The average molecular weight is 389 g/mol. The monoisotopic (exact) mass is 389 g/mol. The second-order valence-corrected chi connectivity index (χ2v) is 6.97. The molecule has 1 aromatic carbocycles. The summed E-state index contributed by atoms with van der Waals surface area (Å²) in [4.78, 5) is 24.2. The van der Waals surface area contributed by atoms with Gasteiger partial charge in [0, 0.05) is 13.0 Å². The number of hydrogen-bond donors (Lipinski definition) is 1. The van der Waals surface area contributed by atoms with Crippen molar-refractivity contribution in [2.75, 3.05) is 20.8 Å². The van der Waals surface area contributed by atoms with Gasteiger partial charge in [-0.2, -0.15) is 0 Å². The lowest BCUT2D eigenvalue weighted by Crippen LogP contribution is -2.36. The highest BCUT2D eigenvalue weighted by molar-refractivity contribution is 5.83. The smallest absolute Gasteiger partial charge is 0.306 e. The zero-order valence-electron chi connectivity index (χ0n) is 17.1. The van der Waals surface area contributed by atoms with E-state index >= 15 is 0 Å². The topological polar surface area (TPSA) is 73.9 Å². The highest BCUT2D eigenvalue weighted by atomic mass is 16.5. The number of carbonyl (C=O) groups is 2. The fourth-order valence-corrected chi connectivity index (χ4v) is 3.21. The number of esters is 1. The summed E-state index contributed by atoms with van der Waals surface area (Å²) in [5.41, 5.74) is 2.35. The molecule has 0 heterocycles. The Morgan fingerprint density at radius 1 is 1.11 bits per heavy atom. The molecule has 2 rings (SSSR count). The maximum Gasteiger partial charge on any atom is 0.306 e. The fraction of sp³-hybridized carbons (Fsp3) is 0.545. The Morgan fingerprint density at radius 2 is 1.89 bits per heavy atom. The normalized spacial score (nSPS) is 14.6. The Bertz CT molecular complexity index is 698. The molecule has 6 heteroatoms. The van der Waals surface area contributed by atoms with Crippen molar-refractivity contribution < 1.29 is 23.8 Å². The zero-order chi connectivity index (χ0) is 20.4. The minimum atomic E-state index is -0.793. The molecule has 154 valence electrons. The molecule has 0 saturated heterocycles. The second-order valence-electron chi connectivity index (χ2n) is 6.97. The Balaban J connectivity index is 1.71. The van der Waals surface area contributed by atoms with Crippen molar-refractivity contribution in [1.29, 1.82) is 0 Å². The summed E-state index contributed by atoms with van der Waals surface area (Å²) in [5, 5.41) is 2.85. The van der Waals surface area contributed by atoms with E-state index in [1.165, 1.54) is 18.4 Å². The van der Waals surface area contributed by atoms with Crippen molar-refractivity contribution in [1.82, 2.24) is 5.32 Å². The van der Waals surface area contributed by atoms with E-state index in [0.29, 0.717) is 24.5 Å². The molecule has 6 nitrogen and oxygen atoms in total. The van der Waals surface area contributed by atoms with Crippen LogP contribution in [-0.4, -0.2) is 38.7 Å². The third kappa shape index (κ3) is 6.91. The number of allylic oxidation sites excluding steroid dienone is 1. The first-order valence-electron chi connectivity index (χ1n) is 9.89. The molecular weight excluding hydrogens is 358 g/mol. The predicted octanol–water partition coefficient (Wildman–Crippen LogP) is 3.57. The summed E-state index contributed by atoms with van der Waals surface area (Å²) in [7, 11) is 3.15. The van der Waals surface area contributed by atoms with Crippen molar-refractivity contribution in [3.8, 4) is 11.5 Å². The van der Waals surface area contributed by atoms with Gasteiger partial charge in [0.2, 0.25) is 0 Å². The summed E-state index contributed by atoms with van der Waals surface area (Å²) >= 11 is 0. The third-order valence-corrected chi connectivity index (χ3v) is 4.87. The lowest BCUT2D eigenvalue weighted by atomic mass is 9.97. The summed E-state index contributed by atoms with van der Waals surface area (Å²) < 4.78 is 15.7. The first-order valence-corrected chi connectivity index (χ1v) is 9.89. The minimum absolute atomic E-state index is 0.194. The van der Waals surface area contributed by atoms with Gasteiger partial charge in [0.1, 0.15) is 0 Å². The molecule has 1 aromatic rings. The fourth-order valence-electron chi connectivity index (χ4n) is 3.21. The predicted molar refractivity (Wildman–Crippen MR) is 108 cm³/mol. The van der Waals surface area contributed by atoms with Crippen molar-refractivity contribution >= 4 is 11.9 Å². The van der Waals surface area contributed by atoms with Gasteiger partial charge in [0.15, 0.2) is 17.6 Å². The molecule has 0 aliphatic heterocycles. The van der Waals surface area contributed by atoms with Crippen LogP contribution in [0, 0.1) is 0 Å². The molecule has 1 N–H and O–H groups in total. The maximum atomic E-state index is 12.1. The summed E-state index contributed by atoms with van der Waals surface area (Å²) in [5.74, 6) is 0.612. The molecule has 0 saturated carbocycles. The van der Waals surface area contributed by atoms with Crippen LogP contribution in [0.2, 0.25) is 0 Å². The molecule has 1 amide bonds. The van der Waals surface area contributed by atoms with E-state index in [-0.39, 0.29) is 12.3 Å². The van der Waals surface area contributed by atoms with Gasteiger partial charge in [-0.1, -0.05) is 17.7 Å². The van der Waals surface area contributed by atoms with Crippen LogP contribution in [0.3, 0.4) is 0 Å². The van der Waals surface area contributed by atoms with E-state index in [1.54, 1.807) is 27.2 Å². The number of methoxy groups -OCH3 is 2. The van der Waals surface area contributed by atoms with Gasteiger partial charge in [0.25, 0.3) is 5.91 Å². The molecule has 0 unspecified atom stereocenters. The van der Waals surface area contributed by atoms with Crippen LogP contribution in [0.15, 0.2) is 29.8 Å². The molecular formula is C22H31NO5. The first-order chi connectivity index (χ1) is 13.5. The van der Waals surface area contributed by atoms with E-state index in [9.17, 15) is 9.59 Å². The lowest BCUT2D eigenvalue weighted by Gasteiger charge is -2.16. The van der Waals surface area contributed by atoms with Crippen LogP contribution in [0.5, 0.6) is 11.5 Å². The van der Waals surface area contributed by atoms with Gasteiger partial charge >= 0.3 is 5.97 Å². The molecule has 28 heavy (non-hydrogen) atoms. The highest BCUT2D eigenvalue weighted by Crippen LogP contribution is 2.28. The van der Waals surface area contributed by atoms with Gasteiger partial charge in [-0.05, 0) is 63.1 Å². The molecule has 1 aliphatic rings. The number of hydrogen-bond acceptors (Lipinski definition) is 5. The van der Waals surface area contributed by atoms with E-state index in [2.05, 4.69) is 11.4 Å². The molecule has 0 aromatic heterocycles. The van der Waals surface area contributed by atoms with E-state index in [0.717, 1.165) is 24.8 Å². The number of ether oxygens (including phenoxy) is 3. The standard InChI is InChI=1S/C22H31NO5/c1-16(22(25)23-14-13-17-7-5-4-6-8-17)28-21(24)12-10-18-9-11-19(26-2)20(15-18)27-3/h7,9,11,15-16H,4-6,8,10,12-14H2,1-3H3,(H,23,25)/t16-/m0/s1. The molecule has 1 aliphatic carbocycles. The maximum absolute atomic E-state index is 12.1. The van der Waals surface area contributed by atoms with Gasteiger partial charge in [-0.3, -0.25) is 9.59 Å². The van der Waals surface area contributed by atoms with Crippen molar-refractivity contribution in [3.05, 3.63) is 35.4 Å². The summed E-state index contributed by atoms with van der Waals surface area (Å²) in [6.45, 7) is 2.18. The van der Waals surface area contributed by atoms with Crippen LogP contribution >= 0.6 is 0 Å². The number of amides is 1. The Labute approximate surface area is 167 Å². The lowest BCUT2D eigenvalue weighted by molar-refractivity contribution is -0.154. The molecule has 0 radical (unpaired) electrons. The van der Waals surface area contributed by atoms with E-state index in [1.807, 2.05) is 12.1 Å². The van der Waals surface area contributed by atoms with Crippen LogP contribution in [0.1, 0.15) is 51.0 Å². The third-order valence-electron chi connectivity index (χ3n) is 4.87. The van der Waals surface area contributed by atoms with Crippen molar-refractivity contribution in [2.24, 2.45) is 0 Å². The second kappa shape index (κ2) is 11.4. The molecule has 0 spiro atoms. The number of benzene rings is 1. The first kappa shape index (κ1) is 21.8. The average Bonchev–Trinajstić information content (AvgIpc) is 2.72. The number of nitrogens with one attached hydrogen (secondary N) is 1. The van der Waals surface area contributed by atoms with Crippen LogP contribution in [0.25, 0.3) is 0 Å². The van der Waals surface area contributed by atoms with Crippen molar-refractivity contribution in [2.45, 2.75) is 58.0 Å². The summed E-state index contributed by atoms with van der Waals surface area (Å²) in [6.07, 6.45) is 7.78. The highest BCUT2D eigenvalue weighted by Gasteiger charge is 2.17. The number of aryl methyl sites for hydroxylation is 1. The Morgan fingerprint density at radius 3 is 2.57 bits per heavy atom. The zero-order valence-corrected chi connectivity index (χ0v) is 17.1.